The Morgan fingerprint density at radius 2 is 1.62 bits per heavy atom. The number of hydrogen-bond donors (Lipinski definition) is 2. The average molecular weight is 347 g/mol. The van der Waals surface area contributed by atoms with Crippen LogP contribution in [0.5, 0.6) is 0 Å². The minimum atomic E-state index is -2.02. The molecule has 0 radical (unpaired) electrons. The summed E-state index contributed by atoms with van der Waals surface area (Å²) in [5.74, 6) is 0. The van der Waals surface area contributed by atoms with E-state index in [-0.39, 0.29) is 0 Å². The summed E-state index contributed by atoms with van der Waals surface area (Å²) in [4.78, 5) is 0. The monoisotopic (exact) mass is 348 g/mol. The van der Waals surface area contributed by atoms with Gasteiger partial charge in [-0.3, -0.25) is 0 Å². The summed E-state index contributed by atoms with van der Waals surface area (Å²) >= 11 is -2.02. The van der Waals surface area contributed by atoms with Gasteiger partial charge in [-0.2, -0.15) is 0 Å². The van der Waals surface area contributed by atoms with E-state index in [1.54, 1.807) is 0 Å². The van der Waals surface area contributed by atoms with E-state index < -0.39 is 13.3 Å². The van der Waals surface area contributed by atoms with E-state index in [9.17, 15) is 0 Å². The van der Waals surface area contributed by atoms with Crippen LogP contribution in [0.2, 0.25) is 15.8 Å². The first kappa shape index (κ1) is 16.2. The molecular formula is C16H26GeN4. The van der Waals surface area contributed by atoms with Crippen molar-refractivity contribution in [3.05, 3.63) is 41.6 Å². The maximum atomic E-state index is 4.53. The Morgan fingerprint density at radius 1 is 0.952 bits per heavy atom. The van der Waals surface area contributed by atoms with E-state index in [0.29, 0.717) is 0 Å². The molecule has 0 aliphatic rings. The van der Waals surface area contributed by atoms with Gasteiger partial charge in [-0.15, -0.1) is 0 Å². The molecule has 1 aromatic heterocycles. The van der Waals surface area contributed by atoms with Crippen molar-refractivity contribution in [2.75, 3.05) is 0 Å². The molecule has 1 heterocycles. The van der Waals surface area contributed by atoms with Gasteiger partial charge in [0.2, 0.25) is 0 Å². The Labute approximate surface area is 130 Å². The number of rotatable bonds is 8. The second-order valence-electron chi connectivity index (χ2n) is 5.55. The van der Waals surface area contributed by atoms with Crippen molar-refractivity contribution < 1.29 is 0 Å². The molecule has 2 rings (SSSR count). The van der Waals surface area contributed by atoms with Crippen LogP contribution >= 0.6 is 0 Å². The molecule has 4 nitrogen and oxygen atoms in total. The van der Waals surface area contributed by atoms with E-state index in [1.807, 2.05) is 6.07 Å². The van der Waals surface area contributed by atoms with Crippen LogP contribution in [0.15, 0.2) is 30.3 Å². The van der Waals surface area contributed by atoms with Gasteiger partial charge in [0.05, 0.1) is 0 Å². The first-order valence-electron chi connectivity index (χ1n) is 7.90. The third-order valence-corrected chi connectivity index (χ3v) is 16.1. The number of aromatic nitrogens is 3. The van der Waals surface area contributed by atoms with Crippen LogP contribution in [0.4, 0.5) is 0 Å². The van der Waals surface area contributed by atoms with Crippen molar-refractivity contribution >= 4 is 17.8 Å². The van der Waals surface area contributed by atoms with Crippen molar-refractivity contribution in [3.8, 4) is 0 Å². The Balaban J connectivity index is 2.03. The van der Waals surface area contributed by atoms with Crippen molar-refractivity contribution in [3.63, 3.8) is 0 Å². The van der Waals surface area contributed by atoms with Crippen LogP contribution in [-0.4, -0.2) is 28.7 Å². The van der Waals surface area contributed by atoms with E-state index in [1.165, 1.54) is 25.8 Å². The maximum absolute atomic E-state index is 4.53. The zero-order valence-corrected chi connectivity index (χ0v) is 15.4. The molecule has 1 aromatic carbocycles. The molecule has 0 atom stereocenters. The number of benzene rings is 1. The number of aromatic amines is 1. The van der Waals surface area contributed by atoms with Gasteiger partial charge in [-0.05, 0) is 0 Å². The summed E-state index contributed by atoms with van der Waals surface area (Å²) in [6, 6.07) is 10.5. The first-order valence-corrected chi connectivity index (χ1v) is 13.4. The molecule has 0 aliphatic heterocycles. The normalized spacial score (nSPS) is 11.8. The Hall–Kier alpha value is -1.14. The molecule has 5 heteroatoms. The van der Waals surface area contributed by atoms with E-state index in [0.717, 1.165) is 18.8 Å². The molecule has 0 spiro atoms. The van der Waals surface area contributed by atoms with Gasteiger partial charge in [-0.1, -0.05) is 0 Å². The summed E-state index contributed by atoms with van der Waals surface area (Å²) in [6.45, 7) is 8.64. The standard InChI is InChI=1S/C16H26GeN4/c1-4-17(5-2,6-3)16-15(19-21-20-16)13-18-12-14-10-8-7-9-11-14/h7-11,18H,4-6,12-13H2,1-3H3,(H,19,20,21). The molecule has 0 saturated carbocycles. The number of nitrogens with one attached hydrogen (secondary N) is 2. The number of nitrogens with zero attached hydrogens (tertiary/aromatic N) is 2. The van der Waals surface area contributed by atoms with Gasteiger partial charge < -0.3 is 0 Å². The third-order valence-electron chi connectivity index (χ3n) is 4.62. The zero-order valence-electron chi connectivity index (χ0n) is 13.3. The van der Waals surface area contributed by atoms with Crippen LogP contribution in [0.1, 0.15) is 32.0 Å². The van der Waals surface area contributed by atoms with E-state index >= 15 is 0 Å². The van der Waals surface area contributed by atoms with Gasteiger partial charge in [0, 0.05) is 0 Å². The number of hydrogen-bond acceptors (Lipinski definition) is 3. The zero-order chi connectivity index (χ0) is 15.1. The fourth-order valence-corrected chi connectivity index (χ4v) is 10.4. The summed E-state index contributed by atoms with van der Waals surface area (Å²) in [5.41, 5.74) is 2.44. The molecule has 2 N–H and O–H groups in total. The molecule has 2 aromatic rings. The minimum absolute atomic E-state index is 0.799. The third kappa shape index (κ3) is 3.74. The topological polar surface area (TPSA) is 53.6 Å². The van der Waals surface area contributed by atoms with Crippen LogP contribution in [-0.2, 0) is 13.1 Å². The van der Waals surface area contributed by atoms with Crippen molar-refractivity contribution in [1.29, 1.82) is 0 Å². The van der Waals surface area contributed by atoms with E-state index in [4.69, 9.17) is 0 Å². The molecular weight excluding hydrogens is 321 g/mol. The van der Waals surface area contributed by atoms with Crippen molar-refractivity contribution in [1.82, 2.24) is 20.7 Å². The average Bonchev–Trinajstić information content (AvgIpc) is 3.00. The molecule has 114 valence electrons. The second-order valence-corrected chi connectivity index (χ2v) is 16.4. The van der Waals surface area contributed by atoms with Crippen LogP contribution in [0.3, 0.4) is 0 Å². The van der Waals surface area contributed by atoms with Gasteiger partial charge in [0.25, 0.3) is 0 Å². The molecule has 0 bridgehead atoms. The summed E-state index contributed by atoms with van der Waals surface area (Å²) in [7, 11) is 0. The molecule has 0 saturated heterocycles. The first-order chi connectivity index (χ1) is 10.3. The summed E-state index contributed by atoms with van der Waals surface area (Å²) < 4.78 is 1.32. The molecule has 21 heavy (non-hydrogen) atoms. The summed E-state index contributed by atoms with van der Waals surface area (Å²) in [5, 5.41) is 19.1. The van der Waals surface area contributed by atoms with Crippen LogP contribution in [0.25, 0.3) is 0 Å². The van der Waals surface area contributed by atoms with Crippen molar-refractivity contribution in [2.24, 2.45) is 0 Å². The van der Waals surface area contributed by atoms with Gasteiger partial charge in [0.1, 0.15) is 0 Å². The fraction of sp³-hybridized carbons (Fsp3) is 0.500. The summed E-state index contributed by atoms with van der Waals surface area (Å²) in [6.07, 6.45) is 0. The second kappa shape index (κ2) is 7.75. The molecule has 0 unspecified atom stereocenters. The molecule has 0 aliphatic carbocycles. The fourth-order valence-electron chi connectivity index (χ4n) is 2.97. The Morgan fingerprint density at radius 3 is 2.24 bits per heavy atom. The SMILES string of the molecule is C[CH2][Ge]([CH2]C)([CH2]C)[c]1n[nH]nc1CNCc1ccccc1. The Kier molecular flexibility index (Phi) is 5.99. The van der Waals surface area contributed by atoms with Crippen LogP contribution in [0, 0.1) is 0 Å². The van der Waals surface area contributed by atoms with E-state index in [2.05, 4.69) is 65.8 Å². The van der Waals surface area contributed by atoms with Crippen LogP contribution < -0.4 is 9.84 Å². The molecule has 0 fully saturated rings. The van der Waals surface area contributed by atoms with Crippen molar-refractivity contribution in [2.45, 2.75) is 49.6 Å². The Bertz CT molecular complexity index is 526. The van der Waals surface area contributed by atoms with Gasteiger partial charge >= 0.3 is 130 Å². The number of H-pyrrole nitrogens is 1. The molecule has 0 amide bonds. The predicted molar refractivity (Wildman–Crippen MR) is 90.2 cm³/mol. The predicted octanol–water partition coefficient (Wildman–Crippen LogP) is 2.81. The van der Waals surface area contributed by atoms with Gasteiger partial charge in [0.15, 0.2) is 0 Å². The van der Waals surface area contributed by atoms with Gasteiger partial charge in [-0.25, -0.2) is 0 Å². The quantitative estimate of drug-likeness (QED) is 0.722.